The Balaban J connectivity index is 0. The Morgan fingerprint density at radius 3 is 1.60 bits per heavy atom. The molecule has 0 unspecified atom stereocenters. The van der Waals surface area contributed by atoms with Gasteiger partial charge in [-0.15, -0.1) is 0 Å². The van der Waals surface area contributed by atoms with Crippen molar-refractivity contribution in [3.8, 4) is 0 Å². The monoisotopic (exact) mass is 166 g/mol. The van der Waals surface area contributed by atoms with Crippen molar-refractivity contribution in [2.24, 2.45) is 0 Å². The van der Waals surface area contributed by atoms with Crippen molar-refractivity contribution in [3.63, 3.8) is 0 Å². The minimum atomic E-state index is -1.40. The van der Waals surface area contributed by atoms with Gasteiger partial charge in [0, 0.05) is 6.92 Å². The zero-order chi connectivity index (χ0) is 8.78. The fourth-order valence-electron chi connectivity index (χ4n) is 0. The second kappa shape index (κ2) is 5.77. The standard InChI is InChI=1S/C4H11O2P.BO2/c1-4(5,6)7(2)3;2-1-3/h5-6H,1-3H3;/q;-1/p+1. The summed E-state index contributed by atoms with van der Waals surface area (Å²) in [6.45, 7) is 5.12. The summed E-state index contributed by atoms with van der Waals surface area (Å²) < 4.78 is 8.25. The van der Waals surface area contributed by atoms with Crippen LogP contribution in [0.1, 0.15) is 6.92 Å². The summed E-state index contributed by atoms with van der Waals surface area (Å²) in [6, 6.07) is 0. The molecule has 0 aromatic carbocycles. The molecule has 0 aliphatic heterocycles. The Morgan fingerprint density at radius 2 is 1.60 bits per heavy atom. The molecule has 0 amide bonds. The molecule has 0 aromatic heterocycles. The number of aliphatic hydroxyl groups is 2. The average Bonchev–Trinajstić information content (AvgIpc) is 1.64. The van der Waals surface area contributed by atoms with Crippen LogP contribution in [0.25, 0.3) is 0 Å². The predicted molar refractivity (Wildman–Crippen MR) is 39.4 cm³/mol. The van der Waals surface area contributed by atoms with Crippen LogP contribution < -0.4 is 5.02 Å². The summed E-state index contributed by atoms with van der Waals surface area (Å²) in [5.74, 6) is 0. The van der Waals surface area contributed by atoms with Crippen LogP contribution in [-0.2, 0) is 4.70 Å². The Bertz CT molecular complexity index is 89.7. The molecule has 0 aliphatic carbocycles. The molecular formula is C4H12BO4P. The van der Waals surface area contributed by atoms with E-state index in [9.17, 15) is 0 Å². The van der Waals surface area contributed by atoms with E-state index in [2.05, 4.69) is 0 Å². The van der Waals surface area contributed by atoms with Gasteiger partial charge in [0.05, 0.1) is 21.3 Å². The molecule has 0 bridgehead atoms. The van der Waals surface area contributed by atoms with Crippen molar-refractivity contribution in [3.05, 3.63) is 0 Å². The normalized spacial score (nSPS) is 9.80. The van der Waals surface area contributed by atoms with Crippen molar-refractivity contribution in [2.45, 2.75) is 12.5 Å². The third-order valence-corrected chi connectivity index (χ3v) is 2.84. The number of rotatable bonds is 1. The van der Waals surface area contributed by atoms with Gasteiger partial charge >= 0.3 is 17.1 Å². The third kappa shape index (κ3) is 10.9. The zero-order valence-electron chi connectivity index (χ0n) is 6.29. The molecule has 0 aliphatic rings. The topological polar surface area (TPSA) is 80.6 Å². The first kappa shape index (κ1) is 12.7. The second-order valence-corrected chi connectivity index (χ2v) is 5.06. The molecule has 0 spiro atoms. The molecule has 4 nitrogen and oxygen atoms in total. The summed E-state index contributed by atoms with van der Waals surface area (Å²) in [6.07, 6.45) is 0. The fourth-order valence-corrected chi connectivity index (χ4v) is 0. The van der Waals surface area contributed by atoms with Gasteiger partial charge in [-0.1, -0.05) is 0 Å². The Labute approximate surface area is 61.9 Å². The van der Waals surface area contributed by atoms with Crippen LogP contribution in [0.15, 0.2) is 0 Å². The van der Waals surface area contributed by atoms with Gasteiger partial charge in [-0.2, -0.15) is 0 Å². The first-order chi connectivity index (χ1) is 4.36. The Morgan fingerprint density at radius 1 is 1.50 bits per heavy atom. The SMILES string of the molecule is C[PH+](C)C(C)(O)O.O=B[O-]. The molecule has 6 heteroatoms. The van der Waals surface area contributed by atoms with Crippen molar-refractivity contribution < 1.29 is 19.9 Å². The fraction of sp³-hybridized carbons (Fsp3) is 1.00. The van der Waals surface area contributed by atoms with E-state index in [1.165, 1.54) is 6.92 Å². The molecular weight excluding hydrogens is 154 g/mol. The van der Waals surface area contributed by atoms with E-state index in [4.69, 9.17) is 19.9 Å². The molecule has 2 N–H and O–H groups in total. The summed E-state index contributed by atoms with van der Waals surface area (Å²) in [7, 11) is -1.44. The summed E-state index contributed by atoms with van der Waals surface area (Å²) in [5, 5.41) is 25.6. The van der Waals surface area contributed by atoms with Gasteiger partial charge in [-0.05, 0) is 0 Å². The van der Waals surface area contributed by atoms with Crippen molar-refractivity contribution in [2.75, 3.05) is 13.3 Å². The van der Waals surface area contributed by atoms with E-state index in [1.807, 2.05) is 13.3 Å². The maximum atomic E-state index is 8.70. The molecule has 0 radical (unpaired) electrons. The zero-order valence-corrected chi connectivity index (χ0v) is 7.29. The molecule has 0 saturated heterocycles. The molecule has 0 saturated carbocycles. The molecule has 0 fully saturated rings. The van der Waals surface area contributed by atoms with Crippen molar-refractivity contribution >= 4 is 15.3 Å². The predicted octanol–water partition coefficient (Wildman–Crippen LogP) is -1.57. The quantitative estimate of drug-likeness (QED) is 0.280. The van der Waals surface area contributed by atoms with Gasteiger partial charge in [0.1, 0.15) is 0 Å². The second-order valence-electron chi connectivity index (χ2n) is 2.12. The van der Waals surface area contributed by atoms with Gasteiger partial charge in [0.25, 0.3) is 5.53 Å². The Hall–Kier alpha value is 0.0149. The van der Waals surface area contributed by atoms with Crippen LogP contribution in [0.2, 0.25) is 0 Å². The van der Waals surface area contributed by atoms with E-state index in [-0.39, 0.29) is 0 Å². The average molecular weight is 166 g/mol. The summed E-state index contributed by atoms with van der Waals surface area (Å²) in [4.78, 5) is 0. The first-order valence-corrected chi connectivity index (χ1v) is 5.17. The van der Waals surface area contributed by atoms with Gasteiger partial charge in [-0.25, -0.2) is 0 Å². The van der Waals surface area contributed by atoms with E-state index in [0.29, 0.717) is 0 Å². The van der Waals surface area contributed by atoms with Crippen LogP contribution in [0.3, 0.4) is 0 Å². The number of hydrogen-bond acceptors (Lipinski definition) is 4. The van der Waals surface area contributed by atoms with E-state index < -0.39 is 20.8 Å². The van der Waals surface area contributed by atoms with Gasteiger partial charge < -0.3 is 10.2 Å². The molecule has 0 atom stereocenters. The molecule has 0 heterocycles. The molecule has 0 rings (SSSR count). The molecule has 0 aromatic rings. The van der Waals surface area contributed by atoms with E-state index >= 15 is 0 Å². The van der Waals surface area contributed by atoms with Crippen LogP contribution in [0.5, 0.6) is 0 Å². The van der Waals surface area contributed by atoms with E-state index in [0.717, 1.165) is 0 Å². The first-order valence-electron chi connectivity index (χ1n) is 2.67. The van der Waals surface area contributed by atoms with Crippen LogP contribution in [-0.4, -0.2) is 36.4 Å². The van der Waals surface area contributed by atoms with Crippen LogP contribution in [0.4, 0.5) is 0 Å². The van der Waals surface area contributed by atoms with Gasteiger partial charge in [0.15, 0.2) is 0 Å². The van der Waals surface area contributed by atoms with Crippen molar-refractivity contribution in [1.82, 2.24) is 0 Å². The Kier molecular flexibility index (Phi) is 7.32. The maximum absolute atomic E-state index is 8.70. The third-order valence-electron chi connectivity index (χ3n) is 0.947. The van der Waals surface area contributed by atoms with Crippen LogP contribution >= 0.6 is 7.92 Å². The van der Waals surface area contributed by atoms with Crippen molar-refractivity contribution in [1.29, 1.82) is 0 Å². The van der Waals surface area contributed by atoms with Gasteiger partial charge in [0.2, 0.25) is 0 Å². The van der Waals surface area contributed by atoms with Gasteiger partial charge in [-0.3, -0.25) is 0 Å². The summed E-state index contributed by atoms with van der Waals surface area (Å²) >= 11 is 0. The molecule has 10 heavy (non-hydrogen) atoms. The number of hydrogen-bond donors (Lipinski definition) is 2. The summed E-state index contributed by atoms with van der Waals surface area (Å²) in [5.41, 5.74) is -1.40. The minimum absolute atomic E-state index is 0.500. The molecule has 60 valence electrons. The van der Waals surface area contributed by atoms with Crippen LogP contribution in [0, 0.1) is 0 Å². The van der Waals surface area contributed by atoms with E-state index in [1.54, 1.807) is 0 Å².